The number of benzene rings is 3. The van der Waals surface area contributed by atoms with Crippen molar-refractivity contribution in [2.75, 3.05) is 4.90 Å². The molecule has 1 atom stereocenters. The molecule has 33 heavy (non-hydrogen) atoms. The highest BCUT2D eigenvalue weighted by Gasteiger charge is 2.48. The van der Waals surface area contributed by atoms with Gasteiger partial charge in [0.25, 0.3) is 11.7 Å². The van der Waals surface area contributed by atoms with Gasteiger partial charge in [-0.2, -0.15) is 0 Å². The molecular formula is C27H20N2O4. The third kappa shape index (κ3) is 3.42. The number of anilines is 1. The molecule has 1 fully saturated rings. The van der Waals surface area contributed by atoms with Crippen LogP contribution in [0.2, 0.25) is 0 Å². The van der Waals surface area contributed by atoms with Gasteiger partial charge >= 0.3 is 0 Å². The number of aliphatic hydroxyl groups is 1. The Morgan fingerprint density at radius 2 is 1.67 bits per heavy atom. The Hall–Kier alpha value is -4.45. The zero-order chi connectivity index (χ0) is 23.1. The molecule has 1 aromatic heterocycles. The van der Waals surface area contributed by atoms with Gasteiger partial charge in [-0.3, -0.25) is 19.5 Å². The van der Waals surface area contributed by atoms with Gasteiger partial charge in [0.1, 0.15) is 17.6 Å². The van der Waals surface area contributed by atoms with Gasteiger partial charge in [0.2, 0.25) is 0 Å². The van der Waals surface area contributed by atoms with E-state index in [4.69, 9.17) is 0 Å². The van der Waals surface area contributed by atoms with E-state index in [9.17, 15) is 19.8 Å². The predicted molar refractivity (Wildman–Crippen MR) is 126 cm³/mol. The van der Waals surface area contributed by atoms with Crippen LogP contribution in [-0.4, -0.2) is 26.9 Å². The number of aryl methyl sites for hydroxylation is 1. The monoisotopic (exact) mass is 436 g/mol. The van der Waals surface area contributed by atoms with Crippen LogP contribution in [0.15, 0.2) is 90.6 Å². The number of rotatable bonds is 3. The van der Waals surface area contributed by atoms with E-state index in [-0.39, 0.29) is 22.8 Å². The van der Waals surface area contributed by atoms with Gasteiger partial charge in [-0.25, -0.2) is 0 Å². The summed E-state index contributed by atoms with van der Waals surface area (Å²) in [4.78, 5) is 32.0. The smallest absolute Gasteiger partial charge is 0.300 e. The summed E-state index contributed by atoms with van der Waals surface area (Å²) in [6.07, 6.45) is 1.56. The standard InChI is InChI=1S/C27H20N2O4/c1-16-9-12-22(30)21(14-16)29-24(20-8-4-5-13-28-20)23(26(32)27(29)33)25(31)19-11-10-17-6-2-3-7-18(17)15-19/h2-15,24,30-31H,1H3/b25-23-. The molecule has 0 spiro atoms. The van der Waals surface area contributed by atoms with Crippen LogP contribution in [0.25, 0.3) is 16.5 Å². The molecule has 162 valence electrons. The molecule has 1 aliphatic rings. The van der Waals surface area contributed by atoms with E-state index < -0.39 is 17.7 Å². The molecule has 3 aromatic carbocycles. The lowest BCUT2D eigenvalue weighted by Crippen LogP contribution is -2.30. The maximum absolute atomic E-state index is 13.2. The van der Waals surface area contributed by atoms with Crippen LogP contribution in [0, 0.1) is 6.92 Å². The van der Waals surface area contributed by atoms with E-state index in [1.54, 1.807) is 48.7 Å². The summed E-state index contributed by atoms with van der Waals surface area (Å²) < 4.78 is 0. The van der Waals surface area contributed by atoms with Gasteiger partial charge in [-0.05, 0) is 53.6 Å². The maximum Gasteiger partial charge on any atom is 0.300 e. The lowest BCUT2D eigenvalue weighted by atomic mass is 9.97. The molecule has 6 heteroatoms. The summed E-state index contributed by atoms with van der Waals surface area (Å²) in [7, 11) is 0. The summed E-state index contributed by atoms with van der Waals surface area (Å²) in [5.41, 5.74) is 1.74. The third-order valence-corrected chi connectivity index (χ3v) is 5.83. The van der Waals surface area contributed by atoms with Crippen LogP contribution >= 0.6 is 0 Å². The number of phenolic OH excluding ortho intramolecular Hbond substituents is 1. The van der Waals surface area contributed by atoms with Crippen molar-refractivity contribution in [3.8, 4) is 5.75 Å². The molecule has 5 rings (SSSR count). The molecule has 0 saturated carbocycles. The first-order valence-corrected chi connectivity index (χ1v) is 10.5. The normalized spacial score (nSPS) is 17.6. The van der Waals surface area contributed by atoms with Crippen LogP contribution < -0.4 is 4.90 Å². The average Bonchev–Trinajstić information content (AvgIpc) is 3.10. The molecule has 0 radical (unpaired) electrons. The number of aromatic hydroxyl groups is 1. The Bertz CT molecular complexity index is 1440. The molecule has 4 aromatic rings. The number of pyridine rings is 1. The largest absolute Gasteiger partial charge is 0.507 e. The van der Waals surface area contributed by atoms with Gasteiger partial charge in [0.05, 0.1) is 17.0 Å². The summed E-state index contributed by atoms with van der Waals surface area (Å²) >= 11 is 0. The molecule has 1 amide bonds. The second-order valence-electron chi connectivity index (χ2n) is 7.98. The SMILES string of the molecule is Cc1ccc(O)c(N2C(=O)C(=O)/C(=C(\O)c3ccc4ccccc4c3)C2c2ccccn2)c1. The molecule has 0 aliphatic carbocycles. The number of nitrogens with zero attached hydrogens (tertiary/aromatic N) is 2. The second kappa shape index (κ2) is 7.91. The van der Waals surface area contributed by atoms with Crippen molar-refractivity contribution in [3.63, 3.8) is 0 Å². The minimum Gasteiger partial charge on any atom is -0.507 e. The van der Waals surface area contributed by atoms with Gasteiger partial charge in [0, 0.05) is 11.8 Å². The number of ketones is 1. The Balaban J connectivity index is 1.75. The number of hydrogen-bond acceptors (Lipinski definition) is 5. The fourth-order valence-corrected chi connectivity index (χ4v) is 4.22. The summed E-state index contributed by atoms with van der Waals surface area (Å²) in [5.74, 6) is -2.11. The number of fused-ring (bicyclic) bond motifs is 1. The van der Waals surface area contributed by atoms with Crippen LogP contribution in [0.1, 0.15) is 22.9 Å². The second-order valence-corrected chi connectivity index (χ2v) is 7.98. The zero-order valence-electron chi connectivity index (χ0n) is 17.8. The fourth-order valence-electron chi connectivity index (χ4n) is 4.22. The van der Waals surface area contributed by atoms with Crippen molar-refractivity contribution < 1.29 is 19.8 Å². The number of hydrogen-bond donors (Lipinski definition) is 2. The first kappa shape index (κ1) is 20.5. The van der Waals surface area contributed by atoms with E-state index in [2.05, 4.69) is 4.98 Å². The number of Topliss-reactive ketones (excluding diaryl/α,β-unsaturated/α-hetero) is 1. The minimum absolute atomic E-state index is 0.0742. The van der Waals surface area contributed by atoms with Gasteiger partial charge in [-0.1, -0.05) is 48.5 Å². The Morgan fingerprint density at radius 3 is 2.42 bits per heavy atom. The van der Waals surface area contributed by atoms with E-state index in [0.717, 1.165) is 16.3 Å². The Kier molecular flexibility index (Phi) is 4.90. The lowest BCUT2D eigenvalue weighted by Gasteiger charge is -2.25. The van der Waals surface area contributed by atoms with Crippen LogP contribution in [0.3, 0.4) is 0 Å². The summed E-state index contributed by atoms with van der Waals surface area (Å²) in [5, 5.41) is 23.7. The number of amides is 1. The highest BCUT2D eigenvalue weighted by Crippen LogP contribution is 2.44. The highest BCUT2D eigenvalue weighted by molar-refractivity contribution is 6.51. The van der Waals surface area contributed by atoms with Gasteiger partial charge in [-0.15, -0.1) is 0 Å². The minimum atomic E-state index is -0.995. The molecule has 2 heterocycles. The van der Waals surface area contributed by atoms with Crippen molar-refractivity contribution in [2.24, 2.45) is 0 Å². The number of carbonyl (C=O) groups excluding carboxylic acids is 2. The molecule has 1 unspecified atom stereocenters. The Morgan fingerprint density at radius 1 is 0.909 bits per heavy atom. The first-order chi connectivity index (χ1) is 16.0. The van der Waals surface area contributed by atoms with E-state index in [0.29, 0.717) is 11.3 Å². The number of carbonyl (C=O) groups is 2. The maximum atomic E-state index is 13.2. The number of phenols is 1. The van der Waals surface area contributed by atoms with E-state index >= 15 is 0 Å². The third-order valence-electron chi connectivity index (χ3n) is 5.83. The molecular weight excluding hydrogens is 416 g/mol. The lowest BCUT2D eigenvalue weighted by molar-refractivity contribution is -0.132. The van der Waals surface area contributed by atoms with Crippen molar-refractivity contribution in [2.45, 2.75) is 13.0 Å². The average molecular weight is 436 g/mol. The first-order valence-electron chi connectivity index (χ1n) is 10.5. The number of aliphatic hydroxyl groups excluding tert-OH is 1. The van der Waals surface area contributed by atoms with Crippen LogP contribution in [0.4, 0.5) is 5.69 Å². The predicted octanol–water partition coefficient (Wildman–Crippen LogP) is 4.88. The quantitative estimate of drug-likeness (QED) is 0.272. The number of aromatic nitrogens is 1. The van der Waals surface area contributed by atoms with E-state index in [1.807, 2.05) is 37.3 Å². The molecule has 0 bridgehead atoms. The van der Waals surface area contributed by atoms with Gasteiger partial charge in [0.15, 0.2) is 0 Å². The zero-order valence-corrected chi connectivity index (χ0v) is 17.8. The Labute approximate surface area is 190 Å². The fraction of sp³-hybridized carbons (Fsp3) is 0.0741. The van der Waals surface area contributed by atoms with Crippen molar-refractivity contribution in [1.29, 1.82) is 0 Å². The topological polar surface area (TPSA) is 90.7 Å². The van der Waals surface area contributed by atoms with Crippen molar-refractivity contribution >= 4 is 33.9 Å². The highest BCUT2D eigenvalue weighted by atomic mass is 16.3. The summed E-state index contributed by atoms with van der Waals surface area (Å²) in [6.45, 7) is 1.82. The van der Waals surface area contributed by atoms with Crippen LogP contribution in [-0.2, 0) is 9.59 Å². The molecule has 1 saturated heterocycles. The molecule has 2 N–H and O–H groups in total. The van der Waals surface area contributed by atoms with Gasteiger partial charge < -0.3 is 10.2 Å². The van der Waals surface area contributed by atoms with Crippen LogP contribution in [0.5, 0.6) is 5.75 Å². The summed E-state index contributed by atoms with van der Waals surface area (Å²) in [6, 6.07) is 22.0. The molecule has 6 nitrogen and oxygen atoms in total. The molecule has 1 aliphatic heterocycles. The van der Waals surface area contributed by atoms with E-state index in [1.165, 1.54) is 11.0 Å². The van der Waals surface area contributed by atoms with Crippen molar-refractivity contribution in [1.82, 2.24) is 4.98 Å². The van der Waals surface area contributed by atoms with Crippen molar-refractivity contribution in [3.05, 3.63) is 107 Å².